The maximum Gasteiger partial charge on any atom is 0.311 e. The van der Waals surface area contributed by atoms with Crippen molar-refractivity contribution >= 4 is 17.8 Å². The van der Waals surface area contributed by atoms with E-state index in [2.05, 4.69) is 20.6 Å². The number of nitrogens with one attached hydrogen (secondary N) is 1. The molecule has 2 aromatic carbocycles. The largest absolute Gasteiger partial charge is 0.490 e. The molecule has 1 N–H and O–H groups in total. The molecule has 4 aromatic rings. The Morgan fingerprint density at radius 3 is 2.79 bits per heavy atom. The number of para-hydroxylation sites is 1. The average molecular weight is 443 g/mol. The molecule has 0 saturated carbocycles. The Morgan fingerprint density at radius 2 is 2.09 bits per heavy atom. The molecule has 0 aliphatic rings. The van der Waals surface area contributed by atoms with Crippen molar-refractivity contribution in [3.05, 3.63) is 82.0 Å². The molecule has 0 saturated heterocycles. The number of aromatic nitrogens is 3. The number of nitriles is 1. The molecule has 0 amide bonds. The molecule has 2 aromatic heterocycles. The average Bonchev–Trinajstić information content (AvgIpc) is 3.42. The fraction of sp³-hybridized carbons (Fsp3) is 0.0909. The lowest BCUT2D eigenvalue weighted by Crippen LogP contribution is -1.96. The van der Waals surface area contributed by atoms with E-state index in [1.807, 2.05) is 36.4 Å². The van der Waals surface area contributed by atoms with Crippen molar-refractivity contribution in [1.82, 2.24) is 14.8 Å². The van der Waals surface area contributed by atoms with Gasteiger partial charge in [0.25, 0.3) is 5.88 Å². The van der Waals surface area contributed by atoms with E-state index >= 15 is 0 Å². The van der Waals surface area contributed by atoms with Crippen LogP contribution in [-0.4, -0.2) is 33.0 Å². The van der Waals surface area contributed by atoms with Gasteiger partial charge in [0.1, 0.15) is 11.8 Å². The summed E-state index contributed by atoms with van der Waals surface area (Å²) in [5.74, 6) is 0.587. The van der Waals surface area contributed by atoms with Crippen molar-refractivity contribution in [2.45, 2.75) is 6.92 Å². The second-order valence-electron chi connectivity index (χ2n) is 6.75. The summed E-state index contributed by atoms with van der Waals surface area (Å²) in [6, 6.07) is 15.9. The van der Waals surface area contributed by atoms with Gasteiger partial charge in [0.05, 0.1) is 23.9 Å². The molecule has 2 heterocycles. The van der Waals surface area contributed by atoms with Crippen LogP contribution < -0.4 is 10.2 Å². The smallest absolute Gasteiger partial charge is 0.311 e. The second kappa shape index (κ2) is 9.03. The molecule has 0 aliphatic heterocycles. The maximum absolute atomic E-state index is 11.5. The fourth-order valence-electron chi connectivity index (χ4n) is 3.14. The van der Waals surface area contributed by atoms with Gasteiger partial charge in [-0.2, -0.15) is 15.5 Å². The normalized spacial score (nSPS) is 10.8. The van der Waals surface area contributed by atoms with E-state index in [1.54, 1.807) is 23.9 Å². The van der Waals surface area contributed by atoms with Crippen LogP contribution in [0.5, 0.6) is 5.75 Å². The lowest BCUT2D eigenvalue weighted by Gasteiger charge is -2.04. The molecule has 0 aliphatic carbocycles. The molecule has 0 atom stereocenters. The zero-order valence-electron chi connectivity index (χ0n) is 17.6. The van der Waals surface area contributed by atoms with Crippen molar-refractivity contribution in [1.29, 1.82) is 5.26 Å². The van der Waals surface area contributed by atoms with Gasteiger partial charge in [0, 0.05) is 30.3 Å². The van der Waals surface area contributed by atoms with E-state index in [0.717, 1.165) is 5.69 Å². The van der Waals surface area contributed by atoms with E-state index in [1.165, 1.54) is 25.5 Å². The number of hydrogen-bond acceptors (Lipinski definition) is 9. The molecule has 0 unspecified atom stereocenters. The lowest BCUT2D eigenvalue weighted by molar-refractivity contribution is -0.385. The van der Waals surface area contributed by atoms with Crippen LogP contribution in [0.2, 0.25) is 0 Å². The molecule has 0 radical (unpaired) electrons. The van der Waals surface area contributed by atoms with Crippen molar-refractivity contribution in [2.75, 3.05) is 12.5 Å². The quantitative estimate of drug-likeness (QED) is 0.256. The predicted molar refractivity (Wildman–Crippen MR) is 119 cm³/mol. The first kappa shape index (κ1) is 21.3. The first-order valence-corrected chi connectivity index (χ1v) is 9.64. The molecule has 0 spiro atoms. The van der Waals surface area contributed by atoms with Gasteiger partial charge >= 0.3 is 5.69 Å². The van der Waals surface area contributed by atoms with Gasteiger partial charge in [-0.05, 0) is 24.3 Å². The summed E-state index contributed by atoms with van der Waals surface area (Å²) in [6.45, 7) is 1.62. The van der Waals surface area contributed by atoms with Gasteiger partial charge in [-0.25, -0.2) is 15.1 Å². The molecule has 11 nitrogen and oxygen atoms in total. The zero-order valence-corrected chi connectivity index (χ0v) is 17.6. The van der Waals surface area contributed by atoms with Crippen molar-refractivity contribution in [3.8, 4) is 28.8 Å². The minimum Gasteiger partial charge on any atom is -0.490 e. The molecular formula is C22H17N7O4. The standard InChI is InChI=1S/C22H17N7O4/c1-14-25-18(11-23)22(33-14)26-24-12-16-13-28(17-6-4-3-5-7-17)27-21(16)15-8-9-20(32-2)19(10-15)29(30)31/h3-10,12-13,26H,1-2H3. The number of oxazole rings is 1. The van der Waals surface area contributed by atoms with E-state index in [9.17, 15) is 10.1 Å². The number of benzene rings is 2. The summed E-state index contributed by atoms with van der Waals surface area (Å²) < 4.78 is 12.1. The first-order chi connectivity index (χ1) is 16.0. The van der Waals surface area contributed by atoms with Crippen molar-refractivity contribution < 1.29 is 14.1 Å². The Hall–Kier alpha value is -4.98. The summed E-state index contributed by atoms with van der Waals surface area (Å²) in [5, 5.41) is 29.4. The van der Waals surface area contributed by atoms with E-state index < -0.39 is 4.92 Å². The van der Waals surface area contributed by atoms with Crippen molar-refractivity contribution in [3.63, 3.8) is 0 Å². The minimum absolute atomic E-state index is 0.0793. The molecule has 11 heteroatoms. The SMILES string of the molecule is COc1ccc(-c2nn(-c3ccccc3)cc2C=NNc2oc(C)nc2C#N)cc1[N+](=O)[O-]. The number of hydrogen-bond donors (Lipinski definition) is 1. The van der Waals surface area contributed by atoms with Crippen LogP contribution in [0.15, 0.2) is 64.2 Å². The summed E-state index contributed by atoms with van der Waals surface area (Å²) >= 11 is 0. The number of nitro benzene ring substituents is 1. The summed E-state index contributed by atoms with van der Waals surface area (Å²) in [4.78, 5) is 14.9. The summed E-state index contributed by atoms with van der Waals surface area (Å²) in [5.41, 5.74) is 4.90. The molecular weight excluding hydrogens is 426 g/mol. The highest BCUT2D eigenvalue weighted by molar-refractivity contribution is 5.89. The first-order valence-electron chi connectivity index (χ1n) is 9.64. The Morgan fingerprint density at radius 1 is 1.30 bits per heavy atom. The third-order valence-corrected chi connectivity index (χ3v) is 4.62. The zero-order chi connectivity index (χ0) is 23.4. The number of ether oxygens (including phenoxy) is 1. The predicted octanol–water partition coefficient (Wildman–Crippen LogP) is 4.07. The third kappa shape index (κ3) is 4.40. The Bertz CT molecular complexity index is 1380. The molecule has 33 heavy (non-hydrogen) atoms. The Balaban J connectivity index is 1.76. The lowest BCUT2D eigenvalue weighted by atomic mass is 10.1. The minimum atomic E-state index is -0.512. The Kier molecular flexibility index (Phi) is 5.81. The number of aryl methyl sites for hydroxylation is 1. The summed E-state index contributed by atoms with van der Waals surface area (Å²) in [7, 11) is 1.37. The number of anilines is 1. The van der Waals surface area contributed by atoms with Gasteiger partial charge in [0.15, 0.2) is 11.6 Å². The molecule has 164 valence electrons. The van der Waals surface area contributed by atoms with Crippen LogP contribution in [0, 0.1) is 28.4 Å². The van der Waals surface area contributed by atoms with Crippen LogP contribution in [-0.2, 0) is 0 Å². The highest BCUT2D eigenvalue weighted by atomic mass is 16.6. The highest BCUT2D eigenvalue weighted by Crippen LogP contribution is 2.33. The third-order valence-electron chi connectivity index (χ3n) is 4.62. The molecule has 0 bridgehead atoms. The number of nitro groups is 1. The van der Waals surface area contributed by atoms with Crippen molar-refractivity contribution in [2.24, 2.45) is 5.10 Å². The monoisotopic (exact) mass is 443 g/mol. The van der Waals surface area contributed by atoms with Crippen LogP contribution in [0.3, 0.4) is 0 Å². The van der Waals surface area contributed by atoms with Crippen LogP contribution in [0.4, 0.5) is 11.6 Å². The van der Waals surface area contributed by atoms with E-state index in [0.29, 0.717) is 22.7 Å². The highest BCUT2D eigenvalue weighted by Gasteiger charge is 2.19. The number of nitrogens with zero attached hydrogens (tertiary/aromatic N) is 6. The van der Waals surface area contributed by atoms with E-state index in [4.69, 9.17) is 14.4 Å². The molecule has 4 rings (SSSR count). The molecule has 0 fully saturated rings. The second-order valence-corrected chi connectivity index (χ2v) is 6.75. The van der Waals surface area contributed by atoms with Crippen LogP contribution in [0.1, 0.15) is 17.1 Å². The Labute approximate surface area is 187 Å². The summed E-state index contributed by atoms with van der Waals surface area (Å²) in [6.07, 6.45) is 3.22. The van der Waals surface area contributed by atoms with E-state index in [-0.39, 0.29) is 23.0 Å². The van der Waals surface area contributed by atoms with Crippen LogP contribution in [0.25, 0.3) is 16.9 Å². The number of hydrazone groups is 1. The van der Waals surface area contributed by atoms with Gasteiger partial charge in [-0.1, -0.05) is 18.2 Å². The van der Waals surface area contributed by atoms with Gasteiger partial charge in [0.2, 0.25) is 5.69 Å². The van der Waals surface area contributed by atoms with Gasteiger partial charge in [-0.15, -0.1) is 0 Å². The van der Waals surface area contributed by atoms with Crippen LogP contribution >= 0.6 is 0 Å². The van der Waals surface area contributed by atoms with Gasteiger partial charge < -0.3 is 9.15 Å². The number of rotatable bonds is 7. The maximum atomic E-state index is 11.5. The topological polar surface area (TPSA) is 144 Å². The van der Waals surface area contributed by atoms with Gasteiger partial charge in [-0.3, -0.25) is 10.1 Å². The fourth-order valence-corrected chi connectivity index (χ4v) is 3.14. The number of methoxy groups -OCH3 is 1.